The molecule has 2 heterocycles. The number of benzene rings is 1. The summed E-state index contributed by atoms with van der Waals surface area (Å²) in [5, 5.41) is 4.27. The maximum Gasteiger partial charge on any atom is 0.261 e. The first kappa shape index (κ1) is 22.3. The molecule has 0 radical (unpaired) electrons. The highest BCUT2D eigenvalue weighted by molar-refractivity contribution is 7.21. The Balaban J connectivity index is 1.60. The highest BCUT2D eigenvalue weighted by atomic mass is 32.1. The number of thiophene rings is 1. The molecular formula is C25H35N3O2S. The van der Waals surface area contributed by atoms with Crippen molar-refractivity contribution in [1.29, 1.82) is 0 Å². The highest BCUT2D eigenvalue weighted by Crippen LogP contribution is 2.36. The lowest BCUT2D eigenvalue weighted by molar-refractivity contribution is -0.140. The van der Waals surface area contributed by atoms with Crippen LogP contribution in [0.5, 0.6) is 0 Å². The van der Waals surface area contributed by atoms with Gasteiger partial charge in [-0.2, -0.15) is 0 Å². The van der Waals surface area contributed by atoms with Crippen molar-refractivity contribution in [1.82, 2.24) is 15.1 Å². The van der Waals surface area contributed by atoms with Crippen LogP contribution in [-0.4, -0.2) is 61.4 Å². The maximum absolute atomic E-state index is 13.2. The van der Waals surface area contributed by atoms with Crippen molar-refractivity contribution in [2.24, 2.45) is 5.92 Å². The third kappa shape index (κ3) is 5.12. The van der Waals surface area contributed by atoms with Crippen molar-refractivity contribution in [3.63, 3.8) is 0 Å². The fourth-order valence-corrected chi connectivity index (χ4v) is 5.91. The first-order valence-corrected chi connectivity index (χ1v) is 12.6. The van der Waals surface area contributed by atoms with Crippen molar-refractivity contribution in [3.8, 4) is 0 Å². The average molecular weight is 442 g/mol. The van der Waals surface area contributed by atoms with Gasteiger partial charge in [0.05, 0.1) is 4.88 Å². The minimum atomic E-state index is 0.0172. The number of carbonyl (C=O) groups is 2. The fourth-order valence-electron chi connectivity index (χ4n) is 4.76. The molecule has 0 bridgehead atoms. The number of amides is 2. The van der Waals surface area contributed by atoms with Gasteiger partial charge in [-0.1, -0.05) is 37.5 Å². The molecule has 1 atom stereocenters. The zero-order chi connectivity index (χ0) is 21.8. The van der Waals surface area contributed by atoms with Crippen molar-refractivity contribution in [3.05, 3.63) is 34.7 Å². The van der Waals surface area contributed by atoms with Gasteiger partial charge >= 0.3 is 0 Å². The average Bonchev–Trinajstić information content (AvgIpc) is 2.90. The lowest BCUT2D eigenvalue weighted by Gasteiger charge is -2.36. The standard InChI is InChI=1S/C25H35N3O2S/c1-27(2)16-14-26-24(29)23-21(20-12-5-6-13-22(20)31-23)17-19-11-4-3-7-15-28(19)25(30)18-9-8-10-18/h5-6,12-13,18-19H,3-4,7-11,14-17H2,1-2H3,(H,26,29)/t19-/m1/s1. The van der Waals surface area contributed by atoms with Gasteiger partial charge in [-0.15, -0.1) is 11.3 Å². The van der Waals surface area contributed by atoms with Gasteiger partial charge in [-0.05, 0) is 63.2 Å². The van der Waals surface area contributed by atoms with Gasteiger partial charge < -0.3 is 15.1 Å². The Kier molecular flexibility index (Phi) is 7.28. The van der Waals surface area contributed by atoms with Crippen LogP contribution in [0.2, 0.25) is 0 Å². The number of hydrogen-bond acceptors (Lipinski definition) is 4. The van der Waals surface area contributed by atoms with E-state index in [1.165, 1.54) is 18.2 Å². The predicted molar refractivity (Wildman–Crippen MR) is 128 cm³/mol. The van der Waals surface area contributed by atoms with Gasteiger partial charge in [0.15, 0.2) is 0 Å². The van der Waals surface area contributed by atoms with Crippen LogP contribution in [0.3, 0.4) is 0 Å². The molecular weight excluding hydrogens is 406 g/mol. The SMILES string of the molecule is CN(C)CCNC(=O)c1sc2ccccc2c1C[C@H]1CCCCCN1C(=O)C1CCC1. The maximum atomic E-state index is 13.2. The molecule has 1 N–H and O–H groups in total. The minimum Gasteiger partial charge on any atom is -0.350 e. The van der Waals surface area contributed by atoms with Gasteiger partial charge in [0.2, 0.25) is 5.91 Å². The molecule has 6 heteroatoms. The molecule has 168 valence electrons. The number of hydrogen-bond donors (Lipinski definition) is 1. The van der Waals surface area contributed by atoms with E-state index in [2.05, 4.69) is 33.3 Å². The summed E-state index contributed by atoms with van der Waals surface area (Å²) in [7, 11) is 4.02. The fraction of sp³-hybridized carbons (Fsp3) is 0.600. The summed E-state index contributed by atoms with van der Waals surface area (Å²) < 4.78 is 1.15. The molecule has 1 aliphatic carbocycles. The summed E-state index contributed by atoms with van der Waals surface area (Å²) in [6.07, 6.45) is 8.52. The number of rotatable bonds is 7. The molecule has 0 spiro atoms. The molecule has 2 amide bonds. The summed E-state index contributed by atoms with van der Waals surface area (Å²) in [6, 6.07) is 8.52. The molecule has 2 fully saturated rings. The number of likely N-dealkylation sites (tertiary alicyclic amines) is 1. The van der Waals surface area contributed by atoms with Crippen LogP contribution in [0.25, 0.3) is 10.1 Å². The van der Waals surface area contributed by atoms with E-state index in [0.717, 1.165) is 66.8 Å². The van der Waals surface area contributed by atoms with Crippen molar-refractivity contribution in [2.45, 2.75) is 57.4 Å². The topological polar surface area (TPSA) is 52.7 Å². The second-order valence-corrected chi connectivity index (χ2v) is 10.4. The molecule has 31 heavy (non-hydrogen) atoms. The highest BCUT2D eigenvalue weighted by Gasteiger charge is 2.34. The third-order valence-electron chi connectivity index (χ3n) is 6.80. The van der Waals surface area contributed by atoms with E-state index in [-0.39, 0.29) is 17.9 Å². The normalized spacial score (nSPS) is 20.0. The monoisotopic (exact) mass is 441 g/mol. The molecule has 4 rings (SSSR count). The molecule has 2 aromatic rings. The van der Waals surface area contributed by atoms with Gasteiger partial charge in [-0.3, -0.25) is 9.59 Å². The first-order chi connectivity index (χ1) is 15.0. The van der Waals surface area contributed by atoms with Gasteiger partial charge in [0.1, 0.15) is 0 Å². The Morgan fingerprint density at radius 3 is 2.65 bits per heavy atom. The molecule has 5 nitrogen and oxygen atoms in total. The number of fused-ring (bicyclic) bond motifs is 1. The summed E-state index contributed by atoms with van der Waals surface area (Å²) in [4.78, 5) is 31.4. The summed E-state index contributed by atoms with van der Waals surface area (Å²) in [5.74, 6) is 0.604. The van der Waals surface area contributed by atoms with Crippen LogP contribution in [0.4, 0.5) is 0 Å². The van der Waals surface area contributed by atoms with Crippen LogP contribution in [0, 0.1) is 5.92 Å². The van der Waals surface area contributed by atoms with Crippen LogP contribution in [-0.2, 0) is 11.2 Å². The molecule has 2 aliphatic rings. The Morgan fingerprint density at radius 2 is 1.90 bits per heavy atom. The quantitative estimate of drug-likeness (QED) is 0.697. The van der Waals surface area contributed by atoms with Gasteiger partial charge in [0.25, 0.3) is 5.91 Å². The van der Waals surface area contributed by atoms with Crippen LogP contribution in [0.15, 0.2) is 24.3 Å². The van der Waals surface area contributed by atoms with Crippen LogP contribution in [0.1, 0.15) is 60.2 Å². The van der Waals surface area contributed by atoms with Crippen molar-refractivity contribution < 1.29 is 9.59 Å². The smallest absolute Gasteiger partial charge is 0.261 e. The van der Waals surface area contributed by atoms with E-state index in [4.69, 9.17) is 0 Å². The van der Waals surface area contributed by atoms with E-state index in [1.807, 2.05) is 20.2 Å². The summed E-state index contributed by atoms with van der Waals surface area (Å²) >= 11 is 1.59. The van der Waals surface area contributed by atoms with Crippen LogP contribution < -0.4 is 5.32 Å². The largest absolute Gasteiger partial charge is 0.350 e. The molecule has 1 saturated heterocycles. The molecule has 1 aliphatic heterocycles. The summed E-state index contributed by atoms with van der Waals surface area (Å²) in [5.41, 5.74) is 1.13. The zero-order valence-electron chi connectivity index (χ0n) is 18.9. The van der Waals surface area contributed by atoms with E-state index >= 15 is 0 Å². The van der Waals surface area contributed by atoms with Crippen LogP contribution >= 0.6 is 11.3 Å². The Hall–Kier alpha value is -1.92. The minimum absolute atomic E-state index is 0.0172. The summed E-state index contributed by atoms with van der Waals surface area (Å²) in [6.45, 7) is 2.32. The van der Waals surface area contributed by atoms with E-state index in [9.17, 15) is 9.59 Å². The second-order valence-electron chi connectivity index (χ2n) is 9.33. The van der Waals surface area contributed by atoms with E-state index in [0.29, 0.717) is 12.5 Å². The second kappa shape index (κ2) is 10.1. The molecule has 1 aromatic carbocycles. The zero-order valence-corrected chi connectivity index (χ0v) is 19.7. The van der Waals surface area contributed by atoms with E-state index < -0.39 is 0 Å². The number of likely N-dealkylation sites (N-methyl/N-ethyl adjacent to an activating group) is 1. The number of carbonyl (C=O) groups excluding carboxylic acids is 2. The predicted octanol–water partition coefficient (Wildman–Crippen LogP) is 4.31. The van der Waals surface area contributed by atoms with Crippen molar-refractivity contribution >= 4 is 33.2 Å². The molecule has 0 unspecified atom stereocenters. The number of nitrogens with one attached hydrogen (secondary N) is 1. The molecule has 1 saturated carbocycles. The lowest BCUT2D eigenvalue weighted by Crippen LogP contribution is -2.46. The molecule has 1 aromatic heterocycles. The Morgan fingerprint density at radius 1 is 1.10 bits per heavy atom. The Labute approximate surface area is 189 Å². The van der Waals surface area contributed by atoms with Gasteiger partial charge in [-0.25, -0.2) is 0 Å². The lowest BCUT2D eigenvalue weighted by atomic mass is 9.83. The Bertz CT molecular complexity index is 919. The van der Waals surface area contributed by atoms with Gasteiger partial charge in [0, 0.05) is 36.3 Å². The third-order valence-corrected chi connectivity index (χ3v) is 8.02. The van der Waals surface area contributed by atoms with E-state index in [1.54, 1.807) is 11.3 Å². The van der Waals surface area contributed by atoms with Crippen molar-refractivity contribution in [2.75, 3.05) is 33.7 Å². The number of nitrogens with zero attached hydrogens (tertiary/aromatic N) is 2. The first-order valence-electron chi connectivity index (χ1n) is 11.8.